The predicted molar refractivity (Wildman–Crippen MR) is 239 cm³/mol. The summed E-state index contributed by atoms with van der Waals surface area (Å²) < 4.78 is 76.7. The molecule has 64 heavy (non-hydrogen) atoms. The molecule has 2 fully saturated rings. The Hall–Kier alpha value is -2.73. The van der Waals surface area contributed by atoms with Gasteiger partial charge >= 0.3 is 137 Å². The first-order valence-corrected chi connectivity index (χ1v) is 23.0. The van der Waals surface area contributed by atoms with Crippen molar-refractivity contribution in [3.8, 4) is 0 Å². The minimum Gasteiger partial charge on any atom is -1.00 e. The summed E-state index contributed by atoms with van der Waals surface area (Å²) in [5.41, 5.74) is 2.37. The Morgan fingerprint density at radius 3 is 1.56 bits per heavy atom. The molecule has 6 aliphatic rings. The second-order valence-electron chi connectivity index (χ2n) is 20.4. The van der Waals surface area contributed by atoms with Gasteiger partial charge in [0.1, 0.15) is 0 Å². The molecule has 0 radical (unpaired) electrons. The average molecular weight is 999 g/mol. The van der Waals surface area contributed by atoms with Crippen molar-refractivity contribution in [2.75, 3.05) is 0 Å². The molecule has 0 aromatic heterocycles. The van der Waals surface area contributed by atoms with Crippen LogP contribution in [0.25, 0.3) is 0 Å². The summed E-state index contributed by atoms with van der Waals surface area (Å²) >= 11 is 0.729. The smallest absolute Gasteiger partial charge is 1.00 e. The molecule has 2 saturated carbocycles. The minimum absolute atomic E-state index is 0. The van der Waals surface area contributed by atoms with Gasteiger partial charge in [0.15, 0.2) is 0 Å². The van der Waals surface area contributed by atoms with Gasteiger partial charge in [-0.15, -0.1) is 17.4 Å². The third-order valence-corrected chi connectivity index (χ3v) is 18.6. The van der Waals surface area contributed by atoms with Crippen LogP contribution in [0.5, 0.6) is 0 Å². The maximum absolute atomic E-state index is 12.7. The molecular formula is C55H62Cl2F6Zr-2. The second-order valence-corrected chi connectivity index (χ2v) is 21.7. The molecule has 9 unspecified atom stereocenters. The SMILES string of the molecule is CC1=CC=CC2[CH-]C3(C)C4(C)C=CC=CC4(C)C4(C)C=CC=CC4(C)C3(C)C12C.CCC1[C-]=CC(C(C)(C)C)=C1.FC(F)(F)c1cccc([C](=[Zr+2])c2cccc(C(F)(F)F)c2)c1.[Cl-].[Cl-]. The number of rotatable bonds is 3. The molecule has 0 N–H and O–H groups in total. The topological polar surface area (TPSA) is 0 Å². The predicted octanol–water partition coefficient (Wildman–Crippen LogP) is 9.85. The Balaban J connectivity index is 0.000000228. The zero-order valence-corrected chi connectivity index (χ0v) is 43.1. The molecule has 0 spiro atoms. The third-order valence-electron chi connectivity index (χ3n) is 17.1. The van der Waals surface area contributed by atoms with E-state index in [1.165, 1.54) is 41.8 Å². The van der Waals surface area contributed by atoms with E-state index >= 15 is 0 Å². The largest absolute Gasteiger partial charge is 1.00 e. The number of benzene rings is 2. The van der Waals surface area contributed by atoms with Crippen molar-refractivity contribution in [3.05, 3.63) is 173 Å². The van der Waals surface area contributed by atoms with E-state index in [1.807, 2.05) is 0 Å². The summed E-state index contributed by atoms with van der Waals surface area (Å²) in [5.74, 6) is 1.03. The van der Waals surface area contributed by atoms with Gasteiger partial charge in [0.05, 0.1) is 0 Å². The van der Waals surface area contributed by atoms with Crippen LogP contribution < -0.4 is 24.8 Å². The fourth-order valence-corrected chi connectivity index (χ4v) is 13.1. The van der Waals surface area contributed by atoms with Crippen LogP contribution in [0.15, 0.2) is 139 Å². The maximum Gasteiger partial charge on any atom is -1.00 e. The van der Waals surface area contributed by atoms with Crippen molar-refractivity contribution in [2.45, 2.75) is 102 Å². The molecule has 6 aliphatic carbocycles. The molecule has 0 saturated heterocycles. The van der Waals surface area contributed by atoms with Crippen LogP contribution >= 0.6 is 0 Å². The Morgan fingerprint density at radius 1 is 0.688 bits per heavy atom. The fraction of sp³-hybridized carbons (Fsp3) is 0.455. The van der Waals surface area contributed by atoms with E-state index < -0.39 is 23.5 Å². The fourth-order valence-electron chi connectivity index (χ4n) is 12.3. The maximum atomic E-state index is 12.7. The van der Waals surface area contributed by atoms with Crippen molar-refractivity contribution in [2.24, 2.45) is 55.2 Å². The standard InChI is InChI=1S/C29H37.C15H8F6.C11H17.2ClH.Zr/c1-21-14-13-15-22-20-27(6)25(4)18-10-9-16-23(25,2)24(3)17-11-12-19-26(24,5)29(27,8)28(21,22)7;16-14(17,18)12-5-1-3-10(8-12)7-11-4-2-6-13(9-11)15(19,20)21;1-5-9-6-7-10(8-9)11(2,3)4;;;/h9-20,22H,1-8H3;1-6,8-9H;7-9H,5H2,1-4H3;2*1H;/q-1;;-1;;;+2/p-2. The van der Waals surface area contributed by atoms with Gasteiger partial charge < -0.3 is 31.2 Å². The van der Waals surface area contributed by atoms with E-state index in [2.05, 4.69) is 175 Å². The molecule has 0 nitrogen and oxygen atoms in total. The van der Waals surface area contributed by atoms with Crippen molar-refractivity contribution in [1.82, 2.24) is 0 Å². The Bertz CT molecular complexity index is 2290. The summed E-state index contributed by atoms with van der Waals surface area (Å²) in [6, 6.07) is 9.16. The molecule has 9 atom stereocenters. The summed E-state index contributed by atoms with van der Waals surface area (Å²) in [6.07, 6.45) is 29.3. The van der Waals surface area contributed by atoms with E-state index in [0.29, 0.717) is 20.5 Å². The first kappa shape index (κ1) is 53.9. The van der Waals surface area contributed by atoms with Crippen LogP contribution in [-0.2, 0) is 36.6 Å². The van der Waals surface area contributed by atoms with Crippen molar-refractivity contribution >= 4 is 3.21 Å². The van der Waals surface area contributed by atoms with E-state index in [1.54, 1.807) is 0 Å². The normalized spacial score (nSPS) is 35.1. The Labute approximate surface area is 406 Å². The molecule has 344 valence electrons. The van der Waals surface area contributed by atoms with E-state index in [0.717, 1.165) is 48.5 Å². The van der Waals surface area contributed by atoms with Crippen LogP contribution in [0.4, 0.5) is 26.3 Å². The summed E-state index contributed by atoms with van der Waals surface area (Å²) in [6.45, 7) is 29.2. The third kappa shape index (κ3) is 8.03. The zero-order valence-electron chi connectivity index (χ0n) is 39.1. The van der Waals surface area contributed by atoms with Gasteiger partial charge in [0.25, 0.3) is 0 Å². The molecular weight excluding hydrogens is 937 g/mol. The number of alkyl halides is 6. The first-order valence-electron chi connectivity index (χ1n) is 21.7. The summed E-state index contributed by atoms with van der Waals surface area (Å²) in [5, 5.41) is 0. The van der Waals surface area contributed by atoms with Crippen LogP contribution in [0.1, 0.15) is 112 Å². The van der Waals surface area contributed by atoms with Gasteiger partial charge in [0.2, 0.25) is 0 Å². The van der Waals surface area contributed by atoms with Gasteiger partial charge in [-0.2, -0.15) is 11.6 Å². The Kier molecular flexibility index (Phi) is 15.2. The van der Waals surface area contributed by atoms with E-state index in [-0.39, 0.29) is 73.8 Å². The summed E-state index contributed by atoms with van der Waals surface area (Å²) in [7, 11) is 0. The van der Waals surface area contributed by atoms with Gasteiger partial charge in [-0.1, -0.05) is 160 Å². The molecule has 0 aliphatic heterocycles. The number of fused-ring (bicyclic) bond motifs is 8. The van der Waals surface area contributed by atoms with E-state index in [9.17, 15) is 26.3 Å². The van der Waals surface area contributed by atoms with Crippen molar-refractivity contribution < 1.29 is 75.4 Å². The van der Waals surface area contributed by atoms with Gasteiger partial charge in [-0.05, 0) is 28.6 Å². The molecule has 0 heterocycles. The monoisotopic (exact) mass is 996 g/mol. The molecule has 8 rings (SSSR count). The molecule has 0 amide bonds. The molecule has 2 aromatic carbocycles. The van der Waals surface area contributed by atoms with Crippen molar-refractivity contribution in [1.29, 1.82) is 0 Å². The molecule has 0 bridgehead atoms. The Morgan fingerprint density at radius 2 is 1.14 bits per heavy atom. The van der Waals surface area contributed by atoms with Gasteiger partial charge in [0, 0.05) is 10.8 Å². The number of halogens is 8. The van der Waals surface area contributed by atoms with Crippen LogP contribution in [-0.4, -0.2) is 3.21 Å². The zero-order chi connectivity index (χ0) is 46.2. The average Bonchev–Trinajstić information content (AvgIpc) is 3.78. The van der Waals surface area contributed by atoms with Crippen LogP contribution in [0, 0.1) is 67.7 Å². The van der Waals surface area contributed by atoms with E-state index in [4.69, 9.17) is 0 Å². The van der Waals surface area contributed by atoms with Crippen molar-refractivity contribution in [3.63, 3.8) is 0 Å². The number of hydrogen-bond acceptors (Lipinski definition) is 0. The number of hydrogen-bond donors (Lipinski definition) is 0. The van der Waals surface area contributed by atoms with Crippen LogP contribution in [0.2, 0.25) is 0 Å². The van der Waals surface area contributed by atoms with Gasteiger partial charge in [-0.3, -0.25) is 6.08 Å². The van der Waals surface area contributed by atoms with Gasteiger partial charge in [-0.25, -0.2) is 6.08 Å². The first-order chi connectivity index (χ1) is 28.5. The molecule has 2 aromatic rings. The number of allylic oxidation sites excluding steroid dienone is 16. The molecule has 9 heteroatoms. The minimum atomic E-state index is -4.49. The second kappa shape index (κ2) is 18.1. The van der Waals surface area contributed by atoms with Crippen LogP contribution in [0.3, 0.4) is 0 Å². The quantitative estimate of drug-likeness (QED) is 0.213. The summed E-state index contributed by atoms with van der Waals surface area (Å²) in [4.78, 5) is 0.